The van der Waals surface area contributed by atoms with Crippen LogP contribution in [0, 0.1) is 0 Å². The Kier molecular flexibility index (Phi) is 5.67. The van der Waals surface area contributed by atoms with Crippen LogP contribution in [0.4, 0.5) is 9.80 Å². The highest BCUT2D eigenvalue weighted by atomic mass is 32.1. The van der Waals surface area contributed by atoms with E-state index in [4.69, 9.17) is 4.74 Å². The molecule has 0 aliphatic carbocycles. The second-order valence-electron chi connectivity index (χ2n) is 5.14. The fourth-order valence-corrected chi connectivity index (χ4v) is 3.87. The number of aromatic nitrogens is 1. The molecule has 1 aromatic carbocycles. The number of thiazole rings is 1. The molecule has 0 atom stereocenters. The number of benzene rings is 1. The second-order valence-corrected chi connectivity index (χ2v) is 7.09. The lowest BCUT2D eigenvalue weighted by Gasteiger charge is -2.06. The van der Waals surface area contributed by atoms with E-state index in [0.29, 0.717) is 16.3 Å². The van der Waals surface area contributed by atoms with E-state index in [1.807, 2.05) is 0 Å². The van der Waals surface area contributed by atoms with Gasteiger partial charge >= 0.3 is 6.09 Å². The van der Waals surface area contributed by atoms with Crippen molar-refractivity contribution in [3.63, 3.8) is 0 Å². The Hall–Kier alpha value is -2.98. The molecule has 0 spiro atoms. The highest BCUT2D eigenvalue weighted by Crippen LogP contribution is 2.28. The molecular weight excluding hydrogens is 390 g/mol. The molecule has 27 heavy (non-hydrogen) atoms. The average Bonchev–Trinajstić information content (AvgIpc) is 3.27. The van der Waals surface area contributed by atoms with Gasteiger partial charge in [-0.05, 0) is 36.6 Å². The number of fused-ring (bicyclic) bond motifs is 1. The minimum absolute atomic E-state index is 0.148. The number of nitrogens with one attached hydrogen (secondary N) is 2. The Morgan fingerprint density at radius 3 is 2.74 bits per heavy atom. The van der Waals surface area contributed by atoms with Crippen LogP contribution >= 0.6 is 22.7 Å². The fraction of sp³-hybridized carbons (Fsp3) is 0.176. The van der Waals surface area contributed by atoms with Crippen LogP contribution in [0.25, 0.3) is 10.2 Å². The van der Waals surface area contributed by atoms with Crippen molar-refractivity contribution in [1.29, 1.82) is 0 Å². The molecule has 3 aromatic rings. The zero-order valence-electron chi connectivity index (χ0n) is 14.4. The summed E-state index contributed by atoms with van der Waals surface area (Å²) >= 11 is 2.38. The van der Waals surface area contributed by atoms with Gasteiger partial charge in [-0.15, -0.1) is 22.7 Å². The molecule has 0 fully saturated rings. The Balaban J connectivity index is 1.76. The standard InChI is InChI=1S/C17H15N3O5S2/c1-3-25-17(23)20-13(21)10-6-7-26-15(10)19-14(22)16-18-11-5-4-9(24-2)8-12(11)27-16/h4-8H,3H2,1-2H3,(H,19,22)(H,20,21,23). The van der Waals surface area contributed by atoms with Crippen molar-refractivity contribution in [2.45, 2.75) is 6.92 Å². The van der Waals surface area contributed by atoms with Crippen molar-refractivity contribution < 1.29 is 23.9 Å². The number of methoxy groups -OCH3 is 1. The number of hydrogen-bond donors (Lipinski definition) is 2. The van der Waals surface area contributed by atoms with Gasteiger partial charge in [-0.3, -0.25) is 14.9 Å². The summed E-state index contributed by atoms with van der Waals surface area (Å²) < 4.78 is 10.7. The van der Waals surface area contributed by atoms with Gasteiger partial charge in [0, 0.05) is 0 Å². The molecular formula is C17H15N3O5S2. The van der Waals surface area contributed by atoms with Crippen molar-refractivity contribution in [3.8, 4) is 5.75 Å². The largest absolute Gasteiger partial charge is 0.497 e. The number of carbonyl (C=O) groups excluding carboxylic acids is 3. The number of alkyl carbamates (subject to hydrolysis) is 1. The minimum atomic E-state index is -0.842. The number of thiophene rings is 1. The minimum Gasteiger partial charge on any atom is -0.497 e. The zero-order chi connectivity index (χ0) is 19.4. The van der Waals surface area contributed by atoms with Crippen LogP contribution in [0.15, 0.2) is 29.6 Å². The molecule has 3 rings (SSSR count). The first-order chi connectivity index (χ1) is 13.0. The SMILES string of the molecule is CCOC(=O)NC(=O)c1ccsc1NC(=O)c1nc2ccc(OC)cc2s1. The summed E-state index contributed by atoms with van der Waals surface area (Å²) in [6.45, 7) is 1.78. The van der Waals surface area contributed by atoms with E-state index in [-0.39, 0.29) is 17.2 Å². The molecule has 2 N–H and O–H groups in total. The maximum absolute atomic E-state index is 12.5. The summed E-state index contributed by atoms with van der Waals surface area (Å²) in [5, 5.41) is 6.97. The summed E-state index contributed by atoms with van der Waals surface area (Å²) in [6.07, 6.45) is -0.842. The number of imide groups is 1. The Bertz CT molecular complexity index is 1010. The van der Waals surface area contributed by atoms with E-state index in [2.05, 4.69) is 20.4 Å². The average molecular weight is 405 g/mol. The smallest absolute Gasteiger partial charge is 0.414 e. The lowest BCUT2D eigenvalue weighted by Crippen LogP contribution is -2.31. The van der Waals surface area contributed by atoms with Gasteiger partial charge in [0.25, 0.3) is 11.8 Å². The monoisotopic (exact) mass is 405 g/mol. The van der Waals surface area contributed by atoms with Gasteiger partial charge in [0.05, 0.1) is 29.5 Å². The number of amides is 3. The molecule has 0 radical (unpaired) electrons. The van der Waals surface area contributed by atoms with E-state index in [9.17, 15) is 14.4 Å². The van der Waals surface area contributed by atoms with Gasteiger partial charge in [0.15, 0.2) is 5.01 Å². The van der Waals surface area contributed by atoms with Crippen molar-refractivity contribution in [2.24, 2.45) is 0 Å². The summed E-state index contributed by atoms with van der Waals surface area (Å²) in [6, 6.07) is 6.84. The number of nitrogens with zero attached hydrogens (tertiary/aromatic N) is 1. The summed E-state index contributed by atoms with van der Waals surface area (Å²) in [4.78, 5) is 40.4. The zero-order valence-corrected chi connectivity index (χ0v) is 16.0. The molecule has 2 heterocycles. The molecule has 10 heteroatoms. The predicted molar refractivity (Wildman–Crippen MR) is 103 cm³/mol. The topological polar surface area (TPSA) is 107 Å². The number of ether oxygens (including phenoxy) is 2. The van der Waals surface area contributed by atoms with Gasteiger partial charge in [-0.1, -0.05) is 0 Å². The van der Waals surface area contributed by atoms with E-state index in [1.54, 1.807) is 37.6 Å². The van der Waals surface area contributed by atoms with Crippen LogP contribution in [0.3, 0.4) is 0 Å². The molecule has 0 unspecified atom stereocenters. The highest BCUT2D eigenvalue weighted by molar-refractivity contribution is 7.20. The Morgan fingerprint density at radius 1 is 1.19 bits per heavy atom. The van der Waals surface area contributed by atoms with Crippen LogP contribution in [-0.2, 0) is 4.74 Å². The third-order valence-corrected chi connectivity index (χ3v) is 5.26. The first-order valence-electron chi connectivity index (χ1n) is 7.83. The maximum atomic E-state index is 12.5. The molecule has 0 saturated heterocycles. The molecule has 8 nitrogen and oxygen atoms in total. The normalized spacial score (nSPS) is 10.4. The van der Waals surface area contributed by atoms with Crippen LogP contribution in [0.2, 0.25) is 0 Å². The number of hydrogen-bond acceptors (Lipinski definition) is 8. The van der Waals surface area contributed by atoms with Gasteiger partial charge in [-0.2, -0.15) is 0 Å². The quantitative estimate of drug-likeness (QED) is 0.673. The maximum Gasteiger partial charge on any atom is 0.414 e. The molecule has 0 aliphatic rings. The first-order valence-corrected chi connectivity index (χ1v) is 9.53. The summed E-state index contributed by atoms with van der Waals surface area (Å²) in [5.74, 6) is -0.420. The molecule has 2 aromatic heterocycles. The van der Waals surface area contributed by atoms with Gasteiger partial charge < -0.3 is 14.8 Å². The third-order valence-electron chi connectivity index (χ3n) is 3.42. The fourth-order valence-electron chi connectivity index (χ4n) is 2.20. The lowest BCUT2D eigenvalue weighted by atomic mass is 10.3. The van der Waals surface area contributed by atoms with E-state index in [0.717, 1.165) is 4.70 Å². The van der Waals surface area contributed by atoms with Crippen LogP contribution in [0.1, 0.15) is 27.1 Å². The number of rotatable bonds is 5. The lowest BCUT2D eigenvalue weighted by molar-refractivity contribution is 0.0926. The van der Waals surface area contributed by atoms with Crippen LogP contribution < -0.4 is 15.4 Å². The number of anilines is 1. The van der Waals surface area contributed by atoms with Crippen LogP contribution in [-0.4, -0.2) is 36.6 Å². The number of carbonyl (C=O) groups is 3. The van der Waals surface area contributed by atoms with Gasteiger partial charge in [0.1, 0.15) is 10.8 Å². The van der Waals surface area contributed by atoms with Crippen LogP contribution in [0.5, 0.6) is 5.75 Å². The molecule has 0 saturated carbocycles. The van der Waals surface area contributed by atoms with E-state index < -0.39 is 17.9 Å². The Labute approximate surface area is 162 Å². The van der Waals surface area contributed by atoms with Crippen molar-refractivity contribution in [1.82, 2.24) is 10.3 Å². The predicted octanol–water partition coefficient (Wildman–Crippen LogP) is 3.51. The Morgan fingerprint density at radius 2 is 2.00 bits per heavy atom. The van der Waals surface area contributed by atoms with Crippen molar-refractivity contribution >= 4 is 55.8 Å². The third kappa shape index (κ3) is 4.23. The summed E-state index contributed by atoms with van der Waals surface area (Å²) in [7, 11) is 1.56. The first kappa shape index (κ1) is 18.8. The molecule has 3 amide bonds. The molecule has 0 bridgehead atoms. The molecule has 140 valence electrons. The van der Waals surface area contributed by atoms with Gasteiger partial charge in [-0.25, -0.2) is 9.78 Å². The second kappa shape index (κ2) is 8.14. The van der Waals surface area contributed by atoms with Gasteiger partial charge in [0.2, 0.25) is 0 Å². The summed E-state index contributed by atoms with van der Waals surface area (Å²) in [5.41, 5.74) is 0.849. The van der Waals surface area contributed by atoms with Crippen molar-refractivity contribution in [3.05, 3.63) is 40.2 Å². The molecule has 0 aliphatic heterocycles. The highest BCUT2D eigenvalue weighted by Gasteiger charge is 2.20. The van der Waals surface area contributed by atoms with Crippen molar-refractivity contribution in [2.75, 3.05) is 19.0 Å². The van der Waals surface area contributed by atoms with E-state index in [1.165, 1.54) is 28.7 Å². The van der Waals surface area contributed by atoms with E-state index >= 15 is 0 Å².